The largest absolute Gasteiger partial charge is 0.496 e. The van der Waals surface area contributed by atoms with Gasteiger partial charge in [-0.2, -0.15) is 0 Å². The minimum Gasteiger partial charge on any atom is -0.496 e. The second-order valence-electron chi connectivity index (χ2n) is 7.14. The molecule has 0 aliphatic carbocycles. The van der Waals surface area contributed by atoms with Gasteiger partial charge in [0.05, 0.1) is 7.11 Å². The highest BCUT2D eigenvalue weighted by Gasteiger charge is 2.20. The number of hydrogen-bond acceptors (Lipinski definition) is 3. The van der Waals surface area contributed by atoms with Crippen LogP contribution in [-0.4, -0.2) is 21.3 Å². The predicted octanol–water partition coefficient (Wildman–Crippen LogP) is 4.15. The lowest BCUT2D eigenvalue weighted by molar-refractivity contribution is 0.411. The van der Waals surface area contributed by atoms with Crippen LogP contribution < -0.4 is 10.3 Å². The van der Waals surface area contributed by atoms with Crippen molar-refractivity contribution >= 4 is 5.52 Å². The van der Waals surface area contributed by atoms with E-state index in [1.54, 1.807) is 23.2 Å². The molecule has 0 radical (unpaired) electrons. The van der Waals surface area contributed by atoms with Gasteiger partial charge in [-0.3, -0.25) is 9.36 Å². The third-order valence-electron chi connectivity index (χ3n) is 5.33. The minimum absolute atomic E-state index is 0.00808. The molecule has 5 nitrogen and oxygen atoms in total. The van der Waals surface area contributed by atoms with Gasteiger partial charge in [-0.1, -0.05) is 13.8 Å². The molecule has 3 rings (SSSR count). The van der Waals surface area contributed by atoms with Crippen molar-refractivity contribution in [3.63, 3.8) is 0 Å². The smallest absolute Gasteiger partial charge is 0.278 e. The van der Waals surface area contributed by atoms with Crippen LogP contribution in [0.3, 0.4) is 0 Å². The van der Waals surface area contributed by atoms with Crippen LogP contribution in [0.5, 0.6) is 5.75 Å². The molecule has 2 heterocycles. The molecule has 0 spiro atoms. The molecule has 0 aliphatic rings. The van der Waals surface area contributed by atoms with Gasteiger partial charge in [0.25, 0.3) is 5.56 Å². The Kier molecular flexibility index (Phi) is 4.65. The maximum absolute atomic E-state index is 13.2. The van der Waals surface area contributed by atoms with Crippen molar-refractivity contribution in [2.45, 2.75) is 47.0 Å². The van der Waals surface area contributed by atoms with Gasteiger partial charge < -0.3 is 4.74 Å². The molecule has 0 bridgehead atoms. The molecular weight excluding hydrogens is 326 g/mol. The van der Waals surface area contributed by atoms with Crippen LogP contribution in [0.15, 0.2) is 23.0 Å². The predicted molar refractivity (Wildman–Crippen MR) is 105 cm³/mol. The highest BCUT2D eigenvalue weighted by Crippen LogP contribution is 2.30. The first-order chi connectivity index (χ1) is 12.3. The second kappa shape index (κ2) is 6.63. The molecule has 26 heavy (non-hydrogen) atoms. The number of nitrogens with zero attached hydrogens (tertiary/aromatic N) is 3. The molecule has 1 unspecified atom stereocenters. The van der Waals surface area contributed by atoms with Crippen LogP contribution in [0.1, 0.15) is 48.6 Å². The van der Waals surface area contributed by atoms with E-state index in [9.17, 15) is 4.79 Å². The number of ether oxygens (including phenoxy) is 1. The van der Waals surface area contributed by atoms with Crippen molar-refractivity contribution in [1.29, 1.82) is 0 Å². The lowest BCUT2D eigenvalue weighted by Gasteiger charge is -2.15. The Morgan fingerprint density at radius 2 is 1.85 bits per heavy atom. The van der Waals surface area contributed by atoms with Gasteiger partial charge in [-0.15, -0.1) is 5.10 Å². The van der Waals surface area contributed by atoms with Gasteiger partial charge in [0.15, 0.2) is 5.82 Å². The van der Waals surface area contributed by atoms with E-state index in [0.29, 0.717) is 17.3 Å². The van der Waals surface area contributed by atoms with Crippen molar-refractivity contribution in [3.8, 4) is 17.1 Å². The van der Waals surface area contributed by atoms with Crippen LogP contribution in [0.2, 0.25) is 0 Å². The van der Waals surface area contributed by atoms with Crippen molar-refractivity contribution in [3.05, 3.63) is 50.9 Å². The van der Waals surface area contributed by atoms with Crippen molar-refractivity contribution < 1.29 is 4.74 Å². The minimum atomic E-state index is -0.00808. The van der Waals surface area contributed by atoms with Gasteiger partial charge >= 0.3 is 0 Å². The van der Waals surface area contributed by atoms with E-state index in [4.69, 9.17) is 9.84 Å². The molecule has 0 N–H and O–H groups in total. The number of aryl methyl sites for hydroxylation is 3. The van der Waals surface area contributed by atoms with E-state index >= 15 is 0 Å². The second-order valence-corrected chi connectivity index (χ2v) is 7.14. The molecule has 0 saturated heterocycles. The van der Waals surface area contributed by atoms with Crippen molar-refractivity contribution in [1.82, 2.24) is 14.2 Å². The zero-order valence-corrected chi connectivity index (χ0v) is 16.7. The SMILES string of the molecule is CCC(C)c1cc(C)n2nc(-c3cc(C)c(OC)cc3C)n(C)c(=O)c12. The topological polar surface area (TPSA) is 48.5 Å². The molecule has 138 valence electrons. The fourth-order valence-corrected chi connectivity index (χ4v) is 3.49. The van der Waals surface area contributed by atoms with Crippen LogP contribution in [-0.2, 0) is 7.05 Å². The summed E-state index contributed by atoms with van der Waals surface area (Å²) in [6.07, 6.45) is 0.987. The molecule has 1 aromatic carbocycles. The summed E-state index contributed by atoms with van der Waals surface area (Å²) in [4.78, 5) is 13.2. The number of fused-ring (bicyclic) bond motifs is 1. The highest BCUT2D eigenvalue weighted by molar-refractivity contribution is 5.66. The number of rotatable bonds is 4. The Morgan fingerprint density at radius 1 is 1.15 bits per heavy atom. The van der Waals surface area contributed by atoms with Crippen molar-refractivity contribution in [2.24, 2.45) is 7.05 Å². The molecular formula is C21H27N3O2. The number of aromatic nitrogens is 3. The Balaban J connectivity index is 2.34. The van der Waals surface area contributed by atoms with E-state index < -0.39 is 0 Å². The maximum Gasteiger partial charge on any atom is 0.278 e. The maximum atomic E-state index is 13.2. The summed E-state index contributed by atoms with van der Waals surface area (Å²) in [6, 6.07) is 6.12. The van der Waals surface area contributed by atoms with E-state index in [0.717, 1.165) is 40.1 Å². The third kappa shape index (κ3) is 2.71. The van der Waals surface area contributed by atoms with Gasteiger partial charge in [-0.25, -0.2) is 4.52 Å². The lowest BCUT2D eigenvalue weighted by Crippen LogP contribution is -2.24. The first kappa shape index (κ1) is 18.2. The lowest BCUT2D eigenvalue weighted by atomic mass is 10.00. The van der Waals surface area contributed by atoms with E-state index in [-0.39, 0.29) is 5.56 Å². The van der Waals surface area contributed by atoms with Crippen molar-refractivity contribution in [2.75, 3.05) is 7.11 Å². The molecule has 0 fully saturated rings. The molecule has 0 aliphatic heterocycles. The monoisotopic (exact) mass is 353 g/mol. The molecule has 3 aromatic rings. The Hall–Kier alpha value is -2.56. The summed E-state index contributed by atoms with van der Waals surface area (Å²) in [6.45, 7) is 10.3. The summed E-state index contributed by atoms with van der Waals surface area (Å²) in [7, 11) is 3.47. The molecule has 0 saturated carbocycles. The van der Waals surface area contributed by atoms with Gasteiger partial charge in [0.2, 0.25) is 0 Å². The summed E-state index contributed by atoms with van der Waals surface area (Å²) < 4.78 is 8.87. The third-order valence-corrected chi connectivity index (χ3v) is 5.33. The van der Waals surface area contributed by atoms with Crippen LogP contribution in [0.4, 0.5) is 0 Å². The standard InChI is InChI=1S/C21H27N3O2/c1-8-12(2)16-11-15(5)24-19(16)21(25)23(6)20(22-24)17-9-14(4)18(26-7)10-13(17)3/h9-12H,8H2,1-7H3. The first-order valence-corrected chi connectivity index (χ1v) is 9.05. The van der Waals surface area contributed by atoms with Crippen LogP contribution >= 0.6 is 0 Å². The Bertz CT molecular complexity index is 1040. The Morgan fingerprint density at radius 3 is 2.46 bits per heavy atom. The summed E-state index contributed by atoms with van der Waals surface area (Å²) in [5.74, 6) is 1.83. The molecule has 0 amide bonds. The van der Waals surface area contributed by atoms with E-state index in [1.165, 1.54) is 0 Å². The van der Waals surface area contributed by atoms with Crippen LogP contribution in [0.25, 0.3) is 16.9 Å². The molecule has 1 atom stereocenters. The summed E-state index contributed by atoms with van der Waals surface area (Å²) >= 11 is 0. The van der Waals surface area contributed by atoms with Gasteiger partial charge in [0, 0.05) is 18.3 Å². The zero-order valence-electron chi connectivity index (χ0n) is 16.7. The van der Waals surface area contributed by atoms with Crippen LogP contribution in [0, 0.1) is 20.8 Å². The van der Waals surface area contributed by atoms with E-state index in [2.05, 4.69) is 19.9 Å². The number of hydrogen-bond donors (Lipinski definition) is 0. The molecule has 2 aromatic heterocycles. The number of methoxy groups -OCH3 is 1. The number of benzene rings is 1. The van der Waals surface area contributed by atoms with Gasteiger partial charge in [-0.05, 0) is 68.0 Å². The highest BCUT2D eigenvalue weighted by atomic mass is 16.5. The molecule has 5 heteroatoms. The normalized spacial score (nSPS) is 12.6. The zero-order chi connectivity index (χ0) is 19.2. The fourth-order valence-electron chi connectivity index (χ4n) is 3.49. The quantitative estimate of drug-likeness (QED) is 0.708. The van der Waals surface area contributed by atoms with Gasteiger partial charge in [0.1, 0.15) is 11.3 Å². The summed E-state index contributed by atoms with van der Waals surface area (Å²) in [5.41, 5.74) is 5.73. The Labute approximate surface area is 154 Å². The first-order valence-electron chi connectivity index (χ1n) is 9.05. The summed E-state index contributed by atoms with van der Waals surface area (Å²) in [5, 5.41) is 4.84. The fraction of sp³-hybridized carbons (Fsp3) is 0.429. The average Bonchev–Trinajstić information content (AvgIpc) is 2.95. The average molecular weight is 353 g/mol. The van der Waals surface area contributed by atoms with E-state index in [1.807, 2.05) is 32.9 Å².